The van der Waals surface area contributed by atoms with Crippen molar-refractivity contribution in [3.63, 3.8) is 0 Å². The SMILES string of the molecule is C1=[SH]c2c(oc3c2ccc2oc4cccc(-c5cccc(C6=CC(c7ccccc7)=CC(c7ccccc7)C6)c5)c4c23)-c2c1oc1ccccc21. The second-order valence-electron chi connectivity index (χ2n) is 13.4. The molecular weight excluding hydrogens is 645 g/mol. The van der Waals surface area contributed by atoms with Gasteiger partial charge in [-0.05, 0) is 75.7 Å². The number of furan rings is 3. The van der Waals surface area contributed by atoms with E-state index in [1.54, 1.807) is 0 Å². The predicted octanol–water partition coefficient (Wildman–Crippen LogP) is 13.1. The minimum Gasteiger partial charge on any atom is -0.456 e. The van der Waals surface area contributed by atoms with E-state index < -0.39 is 0 Å². The molecule has 0 radical (unpaired) electrons. The summed E-state index contributed by atoms with van der Waals surface area (Å²) in [4.78, 5) is 1.17. The summed E-state index contributed by atoms with van der Waals surface area (Å²) in [5.74, 6) is 2.04. The maximum atomic E-state index is 6.92. The molecule has 2 aliphatic rings. The molecule has 1 aliphatic carbocycles. The zero-order chi connectivity index (χ0) is 33.5. The highest BCUT2D eigenvalue weighted by Crippen LogP contribution is 2.50. The molecule has 0 bridgehead atoms. The number of fused-ring (bicyclic) bond motifs is 11. The van der Waals surface area contributed by atoms with Crippen molar-refractivity contribution in [3.05, 3.63) is 174 Å². The van der Waals surface area contributed by atoms with Gasteiger partial charge in [-0.15, -0.1) is 0 Å². The van der Waals surface area contributed by atoms with E-state index in [1.807, 2.05) is 12.1 Å². The smallest absolute Gasteiger partial charge is 0.152 e. The molecule has 0 saturated heterocycles. The topological polar surface area (TPSA) is 39.4 Å². The molecule has 9 aromatic rings. The molecule has 1 aliphatic heterocycles. The Bertz CT molecular complexity index is 2930. The van der Waals surface area contributed by atoms with Gasteiger partial charge in [0.15, 0.2) is 5.76 Å². The lowest BCUT2D eigenvalue weighted by Crippen LogP contribution is -2.04. The Morgan fingerprint density at radius 3 is 2.22 bits per heavy atom. The van der Waals surface area contributed by atoms with Gasteiger partial charge in [-0.25, -0.2) is 0 Å². The van der Waals surface area contributed by atoms with Crippen LogP contribution in [0.1, 0.15) is 34.8 Å². The molecule has 4 heterocycles. The van der Waals surface area contributed by atoms with Crippen LogP contribution < -0.4 is 0 Å². The van der Waals surface area contributed by atoms with Crippen LogP contribution in [0.3, 0.4) is 0 Å². The number of hydrogen-bond acceptors (Lipinski definition) is 3. The van der Waals surface area contributed by atoms with E-state index in [2.05, 4.69) is 145 Å². The van der Waals surface area contributed by atoms with Gasteiger partial charge >= 0.3 is 0 Å². The van der Waals surface area contributed by atoms with Crippen LogP contribution >= 0.6 is 11.4 Å². The molecule has 0 fully saturated rings. The molecule has 4 heteroatoms. The maximum absolute atomic E-state index is 6.92. The summed E-state index contributed by atoms with van der Waals surface area (Å²) in [7, 11) is 0. The second kappa shape index (κ2) is 11.2. The van der Waals surface area contributed by atoms with Gasteiger partial charge in [-0.3, -0.25) is 0 Å². The summed E-state index contributed by atoms with van der Waals surface area (Å²) in [6, 6.07) is 49.4. The molecule has 3 aromatic heterocycles. The fourth-order valence-corrected chi connectivity index (χ4v) is 9.13. The lowest BCUT2D eigenvalue weighted by molar-refractivity contribution is 0.599. The number of benzene rings is 6. The Balaban J connectivity index is 1.08. The molecule has 0 saturated carbocycles. The van der Waals surface area contributed by atoms with Gasteiger partial charge in [-0.1, -0.05) is 121 Å². The molecule has 51 heavy (non-hydrogen) atoms. The monoisotopic (exact) mass is 674 g/mol. The van der Waals surface area contributed by atoms with Crippen LogP contribution in [0, 0.1) is 0 Å². The molecule has 1 unspecified atom stereocenters. The Labute approximate surface area is 297 Å². The van der Waals surface area contributed by atoms with Crippen LogP contribution in [0.5, 0.6) is 0 Å². The van der Waals surface area contributed by atoms with Crippen molar-refractivity contribution in [2.24, 2.45) is 0 Å². The zero-order valence-electron chi connectivity index (χ0n) is 27.5. The van der Waals surface area contributed by atoms with E-state index in [9.17, 15) is 0 Å². The Morgan fingerprint density at radius 2 is 1.31 bits per heavy atom. The normalized spacial score (nSPS) is 15.5. The summed E-state index contributed by atoms with van der Waals surface area (Å²) in [5, 5.41) is 6.42. The first-order chi connectivity index (χ1) is 25.3. The van der Waals surface area contributed by atoms with Gasteiger partial charge in [0.1, 0.15) is 28.1 Å². The number of thiol groups is 1. The van der Waals surface area contributed by atoms with Crippen LogP contribution in [0.25, 0.3) is 77.5 Å². The molecule has 1 atom stereocenters. The third-order valence-corrected chi connectivity index (χ3v) is 11.5. The standard InChI is InChI=1S/C47H30O3S/c1-3-11-28(12-4-1)32-24-33(29-13-5-2-6-14-29)26-34(25-32)30-15-9-16-31(23-30)35-18-10-20-39-42(35)44-40(49-39)22-21-37-45(44)50-46-43-36-17-7-8-19-38(36)48-41(43)27-51-47(37)46/h1-25,27,33,51H,26H2. The first-order valence-corrected chi connectivity index (χ1v) is 18.3. The van der Waals surface area contributed by atoms with Gasteiger partial charge in [0, 0.05) is 27.4 Å². The average molecular weight is 675 g/mol. The molecule has 0 N–H and O–H groups in total. The Hall–Kier alpha value is -6.10. The fraction of sp³-hybridized carbons (Fsp3) is 0.0426. The molecule has 0 spiro atoms. The van der Waals surface area contributed by atoms with Crippen LogP contribution in [0.4, 0.5) is 0 Å². The average Bonchev–Trinajstić information content (AvgIpc) is 3.89. The van der Waals surface area contributed by atoms with Gasteiger partial charge in [0.2, 0.25) is 0 Å². The highest BCUT2D eigenvalue weighted by molar-refractivity contribution is 7.98. The quantitative estimate of drug-likeness (QED) is 0.149. The van der Waals surface area contributed by atoms with Gasteiger partial charge in [-0.2, -0.15) is 11.4 Å². The third kappa shape index (κ3) is 4.50. The van der Waals surface area contributed by atoms with Crippen molar-refractivity contribution in [2.45, 2.75) is 17.2 Å². The second-order valence-corrected chi connectivity index (χ2v) is 14.4. The summed E-state index contributed by atoms with van der Waals surface area (Å²) in [5.41, 5.74) is 13.1. The van der Waals surface area contributed by atoms with E-state index in [-0.39, 0.29) is 5.92 Å². The van der Waals surface area contributed by atoms with E-state index in [4.69, 9.17) is 13.3 Å². The highest BCUT2D eigenvalue weighted by atomic mass is 32.1. The van der Waals surface area contributed by atoms with Gasteiger partial charge < -0.3 is 13.3 Å². The van der Waals surface area contributed by atoms with E-state index >= 15 is 0 Å². The summed E-state index contributed by atoms with van der Waals surface area (Å²) >= 11 is 1.06. The minimum atomic E-state index is 0.286. The fourth-order valence-electron chi connectivity index (χ4n) is 8.11. The predicted molar refractivity (Wildman–Crippen MR) is 213 cm³/mol. The van der Waals surface area contributed by atoms with Crippen LogP contribution in [-0.2, 0) is 0 Å². The summed E-state index contributed by atoms with van der Waals surface area (Å²) in [6.07, 6.45) is 5.74. The lowest BCUT2D eigenvalue weighted by atomic mass is 9.81. The van der Waals surface area contributed by atoms with E-state index in [0.717, 1.165) is 89.9 Å². The molecule has 11 rings (SSSR count). The van der Waals surface area contributed by atoms with Crippen molar-refractivity contribution >= 4 is 71.7 Å². The number of allylic oxidation sites excluding steroid dienone is 4. The molecule has 242 valence electrons. The van der Waals surface area contributed by atoms with Crippen molar-refractivity contribution in [1.82, 2.24) is 0 Å². The molecule has 6 aromatic carbocycles. The molecule has 0 amide bonds. The Morgan fingerprint density at radius 1 is 0.569 bits per heavy atom. The Kier molecular flexibility index (Phi) is 6.31. The van der Waals surface area contributed by atoms with Crippen molar-refractivity contribution in [2.75, 3.05) is 0 Å². The minimum absolute atomic E-state index is 0.286. The first kappa shape index (κ1) is 28.7. The van der Waals surface area contributed by atoms with Gasteiger partial charge in [0.25, 0.3) is 0 Å². The highest BCUT2D eigenvalue weighted by Gasteiger charge is 2.28. The molecular formula is C47H30O3S. The molecule has 3 nitrogen and oxygen atoms in total. The van der Waals surface area contributed by atoms with Crippen LogP contribution in [-0.4, -0.2) is 5.37 Å². The maximum Gasteiger partial charge on any atom is 0.152 e. The van der Waals surface area contributed by atoms with E-state index in [0.29, 0.717) is 0 Å². The lowest BCUT2D eigenvalue weighted by Gasteiger charge is -2.23. The van der Waals surface area contributed by atoms with Crippen LogP contribution in [0.15, 0.2) is 170 Å². The first-order valence-electron chi connectivity index (χ1n) is 17.4. The number of hydrogen-bond donors (Lipinski definition) is 1. The van der Waals surface area contributed by atoms with Crippen molar-refractivity contribution < 1.29 is 13.3 Å². The van der Waals surface area contributed by atoms with E-state index in [1.165, 1.54) is 32.7 Å². The van der Waals surface area contributed by atoms with Crippen LogP contribution in [0.2, 0.25) is 0 Å². The van der Waals surface area contributed by atoms with Crippen molar-refractivity contribution in [1.29, 1.82) is 0 Å². The third-order valence-electron chi connectivity index (χ3n) is 10.5. The zero-order valence-corrected chi connectivity index (χ0v) is 28.4. The van der Waals surface area contributed by atoms with Gasteiger partial charge in [0.05, 0.1) is 15.8 Å². The summed E-state index contributed by atoms with van der Waals surface area (Å²) < 4.78 is 19.7. The number of para-hydroxylation sites is 1. The summed E-state index contributed by atoms with van der Waals surface area (Å²) in [6.45, 7) is 0. The van der Waals surface area contributed by atoms with Crippen molar-refractivity contribution in [3.8, 4) is 22.5 Å². The largest absolute Gasteiger partial charge is 0.456 e. The number of rotatable bonds is 4.